The number of nitrogens with one attached hydrogen (secondary N) is 3. The zero-order valence-corrected chi connectivity index (χ0v) is 35.5. The van der Waals surface area contributed by atoms with Gasteiger partial charge in [-0.3, -0.25) is 45.0 Å². The fourth-order valence-corrected chi connectivity index (χ4v) is 9.76. The van der Waals surface area contributed by atoms with E-state index in [1.165, 1.54) is 0 Å². The summed E-state index contributed by atoms with van der Waals surface area (Å²) in [5.74, 6) is -4.47. The van der Waals surface area contributed by atoms with Gasteiger partial charge in [0, 0.05) is 51.4 Å². The maximum atomic E-state index is 13.1. The maximum Gasteiger partial charge on any atom is 0.328 e. The number of aliphatic carboxylic acids is 3. The van der Waals surface area contributed by atoms with Crippen LogP contribution < -0.4 is 16.0 Å². The molecule has 0 amide bonds. The average Bonchev–Trinajstić information content (AvgIpc) is 3.00. The third kappa shape index (κ3) is 9.24. The van der Waals surface area contributed by atoms with Gasteiger partial charge in [-0.05, 0) is 143 Å². The van der Waals surface area contributed by atoms with E-state index in [9.17, 15) is 29.7 Å². The highest BCUT2D eigenvalue weighted by Crippen LogP contribution is 2.40. The molecule has 1 aromatic heterocycles. The molecule has 0 saturated carbocycles. The zero-order valence-electron chi connectivity index (χ0n) is 35.5. The fraction of sp³-hybridized carbons (Fsp3) is 0.846. The van der Waals surface area contributed by atoms with Crippen molar-refractivity contribution in [2.45, 2.75) is 191 Å². The van der Waals surface area contributed by atoms with E-state index in [1.54, 1.807) is 0 Å². The molecule has 3 saturated heterocycles. The molecule has 306 valence electrons. The van der Waals surface area contributed by atoms with Gasteiger partial charge in [-0.25, -0.2) is 15.0 Å². The highest BCUT2D eigenvalue weighted by atomic mass is 16.4. The highest BCUT2D eigenvalue weighted by Gasteiger charge is 2.48. The van der Waals surface area contributed by atoms with Gasteiger partial charge in [-0.2, -0.15) is 0 Å². The third-order valence-corrected chi connectivity index (χ3v) is 13.3. The van der Waals surface area contributed by atoms with E-state index >= 15 is 0 Å². The molecule has 6 N–H and O–H groups in total. The lowest BCUT2D eigenvalue weighted by atomic mass is 9.77. The number of likely N-dealkylation sites (tertiary alicyclic amines) is 3. The van der Waals surface area contributed by atoms with Crippen LogP contribution in [0.15, 0.2) is 0 Å². The van der Waals surface area contributed by atoms with Gasteiger partial charge in [0.1, 0.15) is 0 Å². The fourth-order valence-electron chi connectivity index (χ4n) is 9.76. The average molecular weight is 760 g/mol. The number of hydrogen-bond donors (Lipinski definition) is 6. The van der Waals surface area contributed by atoms with Crippen molar-refractivity contribution in [2.24, 2.45) is 0 Å². The molecule has 0 aromatic carbocycles. The highest BCUT2D eigenvalue weighted by molar-refractivity contribution is 5.77. The molecule has 3 atom stereocenters. The Morgan fingerprint density at radius 2 is 0.630 bits per heavy atom. The van der Waals surface area contributed by atoms with E-state index in [0.717, 1.165) is 0 Å². The van der Waals surface area contributed by atoms with Crippen LogP contribution in [0.3, 0.4) is 0 Å². The summed E-state index contributed by atoms with van der Waals surface area (Å²) in [6, 6.07) is -5.16. The Balaban J connectivity index is 1.83. The van der Waals surface area contributed by atoms with Crippen molar-refractivity contribution in [3.63, 3.8) is 0 Å². The van der Waals surface area contributed by atoms with Gasteiger partial charge >= 0.3 is 17.9 Å². The lowest BCUT2D eigenvalue weighted by Gasteiger charge is -2.54. The second kappa shape index (κ2) is 14.9. The van der Waals surface area contributed by atoms with Crippen LogP contribution in [-0.4, -0.2) is 135 Å². The summed E-state index contributed by atoms with van der Waals surface area (Å²) in [6.07, 6.45) is 3.77. The van der Waals surface area contributed by atoms with Crippen molar-refractivity contribution in [1.82, 2.24) is 45.6 Å². The Labute approximate surface area is 322 Å². The predicted molar refractivity (Wildman–Crippen MR) is 207 cm³/mol. The molecule has 0 bridgehead atoms. The van der Waals surface area contributed by atoms with Crippen LogP contribution in [0.2, 0.25) is 0 Å². The Morgan fingerprint density at radius 3 is 0.778 bits per heavy atom. The normalized spacial score (nSPS) is 26.5. The third-order valence-electron chi connectivity index (χ3n) is 13.3. The monoisotopic (exact) mass is 760 g/mol. The number of hydrogen-bond acceptors (Lipinski definition) is 12. The molecule has 3 fully saturated rings. The summed E-state index contributed by atoms with van der Waals surface area (Å²) in [4.78, 5) is 60.0. The minimum atomic E-state index is -1.46. The van der Waals surface area contributed by atoms with Crippen molar-refractivity contribution in [3.05, 3.63) is 17.5 Å². The van der Waals surface area contributed by atoms with Gasteiger partial charge in [0.25, 0.3) is 0 Å². The van der Waals surface area contributed by atoms with Crippen molar-refractivity contribution in [1.29, 1.82) is 0 Å². The van der Waals surface area contributed by atoms with Gasteiger partial charge in [-0.15, -0.1) is 0 Å². The van der Waals surface area contributed by atoms with Crippen molar-refractivity contribution < 1.29 is 29.7 Å². The van der Waals surface area contributed by atoms with Crippen LogP contribution in [0, 0.1) is 0 Å². The Kier molecular flexibility index (Phi) is 12.1. The topological polar surface area (TPSA) is 196 Å². The molecule has 3 aliphatic rings. The second-order valence-corrected chi connectivity index (χ2v) is 20.1. The minimum Gasteiger partial charge on any atom is -0.480 e. The minimum absolute atomic E-state index is 0.230. The SMILES string of the molecule is CN1C(C)(C)CC(NC(C(=O)O)c2nc(C(NC3CC(C)(C)N(C)C(C)(C)C3)C(=O)O)nc(C(NC3CC(C)(C)N(C)C(C)(C)C3)C(=O)O)n2)CC1(C)C. The number of rotatable bonds is 12. The quantitative estimate of drug-likeness (QED) is 0.179. The van der Waals surface area contributed by atoms with Gasteiger partial charge in [-0.1, -0.05) is 0 Å². The van der Waals surface area contributed by atoms with Gasteiger partial charge < -0.3 is 15.3 Å². The first-order valence-corrected chi connectivity index (χ1v) is 19.3. The van der Waals surface area contributed by atoms with E-state index in [4.69, 9.17) is 0 Å². The molecule has 1 aromatic rings. The van der Waals surface area contributed by atoms with Crippen LogP contribution in [0.25, 0.3) is 0 Å². The van der Waals surface area contributed by atoms with Crippen LogP contribution in [0.1, 0.15) is 157 Å². The Hall–Kier alpha value is -2.82. The number of nitrogens with zero attached hydrogens (tertiary/aromatic N) is 6. The molecular weight excluding hydrogens is 690 g/mol. The lowest BCUT2D eigenvalue weighted by Crippen LogP contribution is -2.63. The van der Waals surface area contributed by atoms with E-state index in [1.807, 2.05) is 0 Å². The van der Waals surface area contributed by atoms with Crippen molar-refractivity contribution >= 4 is 17.9 Å². The zero-order chi connectivity index (χ0) is 41.1. The van der Waals surface area contributed by atoms with E-state index in [0.29, 0.717) is 38.5 Å². The number of carboxylic acid groups (broad SMARTS) is 3. The number of aromatic nitrogens is 3. The smallest absolute Gasteiger partial charge is 0.328 e. The largest absolute Gasteiger partial charge is 0.480 e. The molecule has 3 unspecified atom stereocenters. The van der Waals surface area contributed by atoms with Gasteiger partial charge in [0.05, 0.1) is 0 Å². The second-order valence-electron chi connectivity index (χ2n) is 20.1. The van der Waals surface area contributed by atoms with E-state index < -0.39 is 36.0 Å². The molecule has 15 heteroatoms. The molecular formula is C39H69N9O6. The number of carbonyl (C=O) groups is 3. The first kappa shape index (κ1) is 43.9. The number of piperidine rings is 3. The number of carboxylic acids is 3. The summed E-state index contributed by atoms with van der Waals surface area (Å²) < 4.78 is 0. The lowest BCUT2D eigenvalue weighted by molar-refractivity contribution is -0.141. The van der Waals surface area contributed by atoms with Gasteiger partial charge in [0.2, 0.25) is 0 Å². The van der Waals surface area contributed by atoms with Crippen LogP contribution in [-0.2, 0) is 14.4 Å². The summed E-state index contributed by atoms with van der Waals surface area (Å²) >= 11 is 0. The Morgan fingerprint density at radius 1 is 0.463 bits per heavy atom. The Bertz CT molecular complexity index is 1330. The van der Waals surface area contributed by atoms with Crippen LogP contribution in [0.5, 0.6) is 0 Å². The molecule has 3 aliphatic heterocycles. The maximum absolute atomic E-state index is 13.1. The molecule has 0 aliphatic carbocycles. The summed E-state index contributed by atoms with van der Waals surface area (Å²) in [5.41, 5.74) is -1.58. The standard InChI is InChI=1S/C39H69N9O6/c1-34(2)16-22(17-35(3,4)46(34)13)40-25(31(49)50)28-43-29(26(32(51)52)41-23-18-36(5,6)47(14)37(7,8)19-23)45-30(44-28)27(33(53)54)42-24-20-38(9,10)48(15)39(11,12)21-24/h22-27,40-42H,16-21H2,1-15H3,(H,49,50)(H,51,52)(H,53,54). The molecule has 4 rings (SSSR count). The van der Waals surface area contributed by atoms with Crippen molar-refractivity contribution in [2.75, 3.05) is 21.1 Å². The van der Waals surface area contributed by atoms with Gasteiger partial charge in [0.15, 0.2) is 35.6 Å². The molecule has 54 heavy (non-hydrogen) atoms. The molecule has 4 heterocycles. The summed E-state index contributed by atoms with van der Waals surface area (Å²) in [7, 11) is 6.19. The first-order valence-electron chi connectivity index (χ1n) is 19.3. The van der Waals surface area contributed by atoms with Crippen LogP contribution >= 0.6 is 0 Å². The van der Waals surface area contributed by atoms with Crippen molar-refractivity contribution in [3.8, 4) is 0 Å². The van der Waals surface area contributed by atoms with E-state index in [2.05, 4.69) is 150 Å². The van der Waals surface area contributed by atoms with Crippen LogP contribution in [0.4, 0.5) is 0 Å². The molecule has 15 nitrogen and oxygen atoms in total. The predicted octanol–water partition coefficient (Wildman–Crippen LogP) is 3.97. The summed E-state index contributed by atoms with van der Waals surface area (Å²) in [6.45, 7) is 25.3. The summed E-state index contributed by atoms with van der Waals surface area (Å²) in [5, 5.41) is 42.0. The van der Waals surface area contributed by atoms with E-state index in [-0.39, 0.29) is 68.8 Å². The molecule has 0 spiro atoms. The first-order chi connectivity index (χ1) is 24.4. The molecule has 0 radical (unpaired) electrons.